The molecule has 0 radical (unpaired) electrons. The van der Waals surface area contributed by atoms with E-state index in [9.17, 15) is 18.5 Å². The molecule has 1 atom stereocenters. The van der Waals surface area contributed by atoms with Crippen molar-refractivity contribution in [2.24, 2.45) is 7.05 Å². The first-order chi connectivity index (χ1) is 13.9. The van der Waals surface area contributed by atoms with Crippen LogP contribution in [-0.2, 0) is 17.1 Å². The Morgan fingerprint density at radius 2 is 1.93 bits per heavy atom. The second-order valence-corrected chi connectivity index (χ2v) is 9.54. The average Bonchev–Trinajstić information content (AvgIpc) is 3.40. The molecule has 0 saturated carbocycles. The van der Waals surface area contributed by atoms with Crippen LogP contribution in [0.1, 0.15) is 37.4 Å². The lowest BCUT2D eigenvalue weighted by molar-refractivity contribution is -0.384. The van der Waals surface area contributed by atoms with E-state index < -0.39 is 14.9 Å². The Labute approximate surface area is 169 Å². The molecule has 0 N–H and O–H groups in total. The SMILES string of the molecule is Cn1cnnc1C1CCCN(c2ccc(S(=O)(=O)N3CCCC3)cc2[N+](=O)[O-])C1. The number of hydrogen-bond donors (Lipinski definition) is 0. The van der Waals surface area contributed by atoms with E-state index in [2.05, 4.69) is 10.2 Å². The van der Waals surface area contributed by atoms with E-state index >= 15 is 0 Å². The van der Waals surface area contributed by atoms with Crippen LogP contribution < -0.4 is 4.90 Å². The Bertz CT molecular complexity index is 1020. The van der Waals surface area contributed by atoms with Gasteiger partial charge in [0.25, 0.3) is 5.69 Å². The Hall–Kier alpha value is -2.53. The fourth-order valence-corrected chi connectivity index (χ4v) is 5.76. The first-order valence-electron chi connectivity index (χ1n) is 9.75. The molecular weight excluding hydrogens is 396 g/mol. The number of nitro groups is 1. The minimum absolute atomic E-state index is 0.0169. The highest BCUT2D eigenvalue weighted by Gasteiger charge is 2.32. The number of aromatic nitrogens is 3. The van der Waals surface area contributed by atoms with E-state index in [1.54, 1.807) is 12.4 Å². The number of nitrogens with zero attached hydrogens (tertiary/aromatic N) is 6. The molecule has 2 fully saturated rings. The topological polar surface area (TPSA) is 114 Å². The molecule has 1 aromatic carbocycles. The van der Waals surface area contributed by atoms with Gasteiger partial charge in [-0.05, 0) is 37.8 Å². The predicted octanol–water partition coefficient (Wildman–Crippen LogP) is 1.89. The van der Waals surface area contributed by atoms with Gasteiger partial charge in [0.05, 0.1) is 9.82 Å². The summed E-state index contributed by atoms with van der Waals surface area (Å²) in [7, 11) is -1.82. The van der Waals surface area contributed by atoms with Gasteiger partial charge in [0.1, 0.15) is 17.8 Å². The van der Waals surface area contributed by atoms with E-state index in [0.29, 0.717) is 31.9 Å². The van der Waals surface area contributed by atoms with Crippen LogP contribution in [0.5, 0.6) is 0 Å². The minimum atomic E-state index is -3.71. The maximum absolute atomic E-state index is 12.8. The van der Waals surface area contributed by atoms with Crippen molar-refractivity contribution in [3.63, 3.8) is 0 Å². The summed E-state index contributed by atoms with van der Waals surface area (Å²) in [6.07, 6.45) is 5.07. The second-order valence-electron chi connectivity index (χ2n) is 7.60. The van der Waals surface area contributed by atoms with Crippen LogP contribution in [0.2, 0.25) is 0 Å². The van der Waals surface area contributed by atoms with Crippen molar-refractivity contribution < 1.29 is 13.3 Å². The molecule has 11 heteroatoms. The van der Waals surface area contributed by atoms with E-state index in [1.807, 2.05) is 16.5 Å². The van der Waals surface area contributed by atoms with Gasteiger partial charge in [-0.2, -0.15) is 4.31 Å². The normalized spacial score (nSPS) is 20.9. The number of aryl methyl sites for hydroxylation is 1. The number of benzene rings is 1. The molecule has 0 aliphatic carbocycles. The summed E-state index contributed by atoms with van der Waals surface area (Å²) in [4.78, 5) is 13.2. The lowest BCUT2D eigenvalue weighted by atomic mass is 9.96. The van der Waals surface area contributed by atoms with Crippen LogP contribution in [0.25, 0.3) is 0 Å². The molecule has 2 saturated heterocycles. The monoisotopic (exact) mass is 420 g/mol. The highest BCUT2D eigenvalue weighted by molar-refractivity contribution is 7.89. The zero-order valence-corrected chi connectivity index (χ0v) is 17.1. The lowest BCUT2D eigenvalue weighted by Crippen LogP contribution is -2.35. The third kappa shape index (κ3) is 3.71. The maximum Gasteiger partial charge on any atom is 0.293 e. The van der Waals surface area contributed by atoms with Crippen LogP contribution in [0, 0.1) is 10.1 Å². The van der Waals surface area contributed by atoms with Gasteiger partial charge in [-0.3, -0.25) is 10.1 Å². The summed E-state index contributed by atoms with van der Waals surface area (Å²) in [5.74, 6) is 0.967. The molecule has 4 rings (SSSR count). The summed E-state index contributed by atoms with van der Waals surface area (Å²) in [5, 5.41) is 19.9. The minimum Gasteiger partial charge on any atom is -0.365 e. The van der Waals surface area contributed by atoms with Crippen molar-refractivity contribution in [2.45, 2.75) is 36.5 Å². The third-order valence-corrected chi connectivity index (χ3v) is 7.61. The summed E-state index contributed by atoms with van der Waals surface area (Å²) in [6.45, 7) is 2.17. The number of rotatable bonds is 5. The van der Waals surface area contributed by atoms with Crippen LogP contribution in [0.4, 0.5) is 11.4 Å². The highest BCUT2D eigenvalue weighted by atomic mass is 32.2. The molecule has 10 nitrogen and oxygen atoms in total. The molecule has 156 valence electrons. The van der Waals surface area contributed by atoms with Gasteiger partial charge in [0, 0.05) is 45.2 Å². The third-order valence-electron chi connectivity index (χ3n) is 5.72. The molecule has 2 aliphatic rings. The maximum atomic E-state index is 12.8. The van der Waals surface area contributed by atoms with Gasteiger partial charge in [-0.25, -0.2) is 8.42 Å². The molecule has 0 amide bonds. The smallest absolute Gasteiger partial charge is 0.293 e. The summed E-state index contributed by atoms with van der Waals surface area (Å²) in [5.41, 5.74) is 0.270. The summed E-state index contributed by atoms with van der Waals surface area (Å²) >= 11 is 0. The van der Waals surface area contributed by atoms with Gasteiger partial charge in [-0.15, -0.1) is 10.2 Å². The van der Waals surface area contributed by atoms with Crippen LogP contribution >= 0.6 is 0 Å². The van der Waals surface area contributed by atoms with E-state index in [0.717, 1.165) is 31.5 Å². The Kier molecular flexibility index (Phi) is 5.26. The second kappa shape index (κ2) is 7.71. The zero-order chi connectivity index (χ0) is 20.6. The van der Waals surface area contributed by atoms with Gasteiger partial charge in [0.15, 0.2) is 0 Å². The molecule has 1 unspecified atom stereocenters. The van der Waals surface area contributed by atoms with Crippen molar-refractivity contribution in [1.82, 2.24) is 19.1 Å². The summed E-state index contributed by atoms with van der Waals surface area (Å²) < 4.78 is 28.9. The molecule has 0 spiro atoms. The molecule has 2 aliphatic heterocycles. The highest BCUT2D eigenvalue weighted by Crippen LogP contribution is 2.36. The largest absolute Gasteiger partial charge is 0.365 e. The number of anilines is 1. The van der Waals surface area contributed by atoms with Crippen molar-refractivity contribution in [3.8, 4) is 0 Å². The molecule has 3 heterocycles. The van der Waals surface area contributed by atoms with Gasteiger partial charge in [0.2, 0.25) is 10.0 Å². The predicted molar refractivity (Wildman–Crippen MR) is 106 cm³/mol. The van der Waals surface area contributed by atoms with E-state index in [4.69, 9.17) is 0 Å². The standard InChI is InChI=1S/C18H24N6O4S/c1-21-13-19-20-18(21)14-5-4-8-22(12-14)16-7-6-15(11-17(16)24(25)26)29(27,28)23-9-2-3-10-23/h6-7,11,13-14H,2-5,8-10,12H2,1H3. The van der Waals surface area contributed by atoms with Crippen LogP contribution in [0.15, 0.2) is 29.4 Å². The zero-order valence-electron chi connectivity index (χ0n) is 16.3. The fourth-order valence-electron chi connectivity index (χ4n) is 4.22. The number of sulfonamides is 1. The number of nitro benzene ring substituents is 1. The van der Waals surface area contributed by atoms with Gasteiger partial charge < -0.3 is 9.47 Å². The van der Waals surface area contributed by atoms with Gasteiger partial charge >= 0.3 is 0 Å². The van der Waals surface area contributed by atoms with Crippen molar-refractivity contribution in [3.05, 3.63) is 40.5 Å². The van der Waals surface area contributed by atoms with Crippen molar-refractivity contribution in [1.29, 1.82) is 0 Å². The van der Waals surface area contributed by atoms with Crippen LogP contribution in [0.3, 0.4) is 0 Å². The number of piperidine rings is 1. The molecule has 2 aromatic rings. The van der Waals surface area contributed by atoms with E-state index in [1.165, 1.54) is 16.4 Å². The van der Waals surface area contributed by atoms with Crippen molar-refractivity contribution >= 4 is 21.4 Å². The van der Waals surface area contributed by atoms with Crippen LogP contribution in [-0.4, -0.2) is 58.6 Å². The van der Waals surface area contributed by atoms with E-state index in [-0.39, 0.29) is 16.5 Å². The summed E-state index contributed by atoms with van der Waals surface area (Å²) in [6, 6.07) is 4.26. The quantitative estimate of drug-likeness (QED) is 0.536. The molecule has 0 bridgehead atoms. The van der Waals surface area contributed by atoms with Crippen molar-refractivity contribution in [2.75, 3.05) is 31.1 Å². The molecule has 1 aromatic heterocycles. The Morgan fingerprint density at radius 3 is 2.59 bits per heavy atom. The first-order valence-corrected chi connectivity index (χ1v) is 11.2. The Balaban J connectivity index is 1.65. The van der Waals surface area contributed by atoms with Gasteiger partial charge in [-0.1, -0.05) is 0 Å². The first kappa shape index (κ1) is 19.8. The lowest BCUT2D eigenvalue weighted by Gasteiger charge is -2.33. The number of hydrogen-bond acceptors (Lipinski definition) is 7. The molecule has 29 heavy (non-hydrogen) atoms. The average molecular weight is 420 g/mol. The fraction of sp³-hybridized carbons (Fsp3) is 0.556. The molecular formula is C18H24N6O4S. The Morgan fingerprint density at radius 1 is 1.17 bits per heavy atom.